The van der Waals surface area contributed by atoms with Gasteiger partial charge in [-0.2, -0.15) is 0 Å². The second-order valence-electron chi connectivity index (χ2n) is 5.50. The van der Waals surface area contributed by atoms with E-state index >= 15 is 0 Å². The average molecular weight is 296 g/mol. The van der Waals surface area contributed by atoms with E-state index in [0.29, 0.717) is 24.2 Å². The van der Waals surface area contributed by atoms with Gasteiger partial charge in [-0.05, 0) is 30.2 Å². The number of nitrogens with two attached hydrogens (primary N) is 1. The first-order valence-corrected chi connectivity index (χ1v) is 7.16. The van der Waals surface area contributed by atoms with Gasteiger partial charge in [0.15, 0.2) is 0 Å². The van der Waals surface area contributed by atoms with Crippen molar-refractivity contribution in [3.8, 4) is 0 Å². The minimum Gasteiger partial charge on any atom is -0.326 e. The summed E-state index contributed by atoms with van der Waals surface area (Å²) >= 11 is 0. The Labute approximate surface area is 128 Å². The van der Waals surface area contributed by atoms with Gasteiger partial charge in [0.25, 0.3) is 5.91 Å². The van der Waals surface area contributed by atoms with Crippen molar-refractivity contribution in [1.29, 1.82) is 0 Å². The summed E-state index contributed by atoms with van der Waals surface area (Å²) in [7, 11) is 0. The second-order valence-corrected chi connectivity index (χ2v) is 5.50. The van der Waals surface area contributed by atoms with Gasteiger partial charge in [0, 0.05) is 29.4 Å². The number of benzene rings is 2. The van der Waals surface area contributed by atoms with Crippen molar-refractivity contribution < 1.29 is 9.18 Å². The number of amides is 1. The number of halogens is 1. The first kappa shape index (κ1) is 14.5. The summed E-state index contributed by atoms with van der Waals surface area (Å²) in [5.74, 6) is -0.353. The van der Waals surface area contributed by atoms with E-state index in [9.17, 15) is 9.18 Å². The maximum absolute atomic E-state index is 13.2. The van der Waals surface area contributed by atoms with Crippen LogP contribution in [0.4, 0.5) is 4.39 Å². The standard InChI is InChI=1S/C18H17FN2O/c1-12-16-7-2-3-8-17(16)18(22)21(12)11-15(20)10-13-5-4-6-14(19)9-13/h2-9,15H,1,10-11,20H2/t15-/m0/s1. The van der Waals surface area contributed by atoms with E-state index in [2.05, 4.69) is 6.58 Å². The molecule has 0 spiro atoms. The lowest BCUT2D eigenvalue weighted by Gasteiger charge is -2.22. The molecule has 22 heavy (non-hydrogen) atoms. The molecule has 0 fully saturated rings. The highest BCUT2D eigenvalue weighted by atomic mass is 19.1. The molecule has 0 unspecified atom stereocenters. The van der Waals surface area contributed by atoms with Crippen LogP contribution in [0, 0.1) is 5.82 Å². The number of hydrogen-bond acceptors (Lipinski definition) is 2. The average Bonchev–Trinajstić information content (AvgIpc) is 2.73. The van der Waals surface area contributed by atoms with Crippen molar-refractivity contribution in [1.82, 2.24) is 4.90 Å². The Bertz CT molecular complexity index is 706. The maximum atomic E-state index is 13.2. The van der Waals surface area contributed by atoms with Crippen LogP contribution >= 0.6 is 0 Å². The lowest BCUT2D eigenvalue weighted by Crippen LogP contribution is -2.38. The SMILES string of the molecule is C=C1c2ccccc2C(=O)N1C[C@@H](N)Cc1cccc(F)c1. The Morgan fingerprint density at radius 1 is 1.14 bits per heavy atom. The van der Waals surface area contributed by atoms with Crippen LogP contribution in [0.3, 0.4) is 0 Å². The molecule has 0 aliphatic carbocycles. The van der Waals surface area contributed by atoms with Crippen LogP contribution in [0.5, 0.6) is 0 Å². The molecule has 3 rings (SSSR count). The molecule has 1 amide bonds. The Morgan fingerprint density at radius 2 is 1.86 bits per heavy atom. The zero-order valence-electron chi connectivity index (χ0n) is 12.1. The minimum absolute atomic E-state index is 0.0738. The molecule has 1 aliphatic heterocycles. The Kier molecular flexibility index (Phi) is 3.77. The first-order chi connectivity index (χ1) is 10.6. The molecular weight excluding hydrogens is 279 g/mol. The normalized spacial score (nSPS) is 15.1. The molecule has 2 aromatic rings. The maximum Gasteiger partial charge on any atom is 0.259 e. The van der Waals surface area contributed by atoms with Crippen molar-refractivity contribution in [2.75, 3.05) is 6.54 Å². The molecule has 3 nitrogen and oxygen atoms in total. The number of rotatable bonds is 4. The molecule has 1 heterocycles. The van der Waals surface area contributed by atoms with E-state index in [0.717, 1.165) is 11.1 Å². The summed E-state index contributed by atoms with van der Waals surface area (Å²) in [4.78, 5) is 14.0. The van der Waals surface area contributed by atoms with Crippen LogP contribution in [0.15, 0.2) is 55.1 Å². The largest absolute Gasteiger partial charge is 0.326 e. The fraction of sp³-hybridized carbons (Fsp3) is 0.167. The fourth-order valence-electron chi connectivity index (χ4n) is 2.79. The Morgan fingerprint density at radius 3 is 2.55 bits per heavy atom. The van der Waals surface area contributed by atoms with E-state index in [-0.39, 0.29) is 17.8 Å². The van der Waals surface area contributed by atoms with Gasteiger partial charge < -0.3 is 10.6 Å². The molecule has 2 aromatic carbocycles. The topological polar surface area (TPSA) is 46.3 Å². The van der Waals surface area contributed by atoms with E-state index in [4.69, 9.17) is 5.73 Å². The molecule has 4 heteroatoms. The van der Waals surface area contributed by atoms with Crippen molar-refractivity contribution in [3.05, 3.63) is 77.6 Å². The smallest absolute Gasteiger partial charge is 0.259 e. The predicted molar refractivity (Wildman–Crippen MR) is 84.6 cm³/mol. The zero-order chi connectivity index (χ0) is 15.7. The van der Waals surface area contributed by atoms with Crippen molar-refractivity contribution in [2.45, 2.75) is 12.5 Å². The van der Waals surface area contributed by atoms with Crippen LogP contribution in [0.25, 0.3) is 5.70 Å². The van der Waals surface area contributed by atoms with Gasteiger partial charge in [0.2, 0.25) is 0 Å². The number of fused-ring (bicyclic) bond motifs is 1. The van der Waals surface area contributed by atoms with Gasteiger partial charge in [0.05, 0.1) is 0 Å². The van der Waals surface area contributed by atoms with E-state index < -0.39 is 0 Å². The number of hydrogen-bond donors (Lipinski definition) is 1. The van der Waals surface area contributed by atoms with Gasteiger partial charge in [-0.25, -0.2) is 4.39 Å². The Balaban J connectivity index is 1.72. The highest BCUT2D eigenvalue weighted by Gasteiger charge is 2.31. The summed E-state index contributed by atoms with van der Waals surface area (Å²) in [5, 5.41) is 0. The van der Waals surface area contributed by atoms with Crippen LogP contribution in [-0.4, -0.2) is 23.4 Å². The van der Waals surface area contributed by atoms with Gasteiger partial charge >= 0.3 is 0 Å². The number of nitrogens with zero attached hydrogens (tertiary/aromatic N) is 1. The third-order valence-corrected chi connectivity index (χ3v) is 3.84. The molecular formula is C18H17FN2O. The van der Waals surface area contributed by atoms with Gasteiger partial charge in [-0.1, -0.05) is 36.9 Å². The molecule has 0 bridgehead atoms. The van der Waals surface area contributed by atoms with Crippen LogP contribution in [-0.2, 0) is 6.42 Å². The van der Waals surface area contributed by atoms with Crippen LogP contribution in [0.1, 0.15) is 21.5 Å². The quantitative estimate of drug-likeness (QED) is 0.943. The van der Waals surface area contributed by atoms with Crippen molar-refractivity contribution in [2.24, 2.45) is 5.73 Å². The molecule has 0 saturated carbocycles. The molecule has 1 atom stereocenters. The van der Waals surface area contributed by atoms with Crippen molar-refractivity contribution >= 4 is 11.6 Å². The summed E-state index contributed by atoms with van der Waals surface area (Å²) in [6.07, 6.45) is 0.505. The first-order valence-electron chi connectivity index (χ1n) is 7.16. The molecule has 1 aliphatic rings. The highest BCUT2D eigenvalue weighted by Crippen LogP contribution is 2.31. The minimum atomic E-state index is -0.281. The summed E-state index contributed by atoms with van der Waals surface area (Å²) < 4.78 is 13.2. The lowest BCUT2D eigenvalue weighted by atomic mass is 10.1. The second kappa shape index (κ2) is 5.73. The van der Waals surface area contributed by atoms with Crippen molar-refractivity contribution in [3.63, 3.8) is 0 Å². The van der Waals surface area contributed by atoms with Gasteiger partial charge in [-0.3, -0.25) is 4.79 Å². The van der Waals surface area contributed by atoms with E-state index in [1.807, 2.05) is 24.3 Å². The Hall–Kier alpha value is -2.46. The van der Waals surface area contributed by atoms with E-state index in [1.54, 1.807) is 17.0 Å². The monoisotopic (exact) mass is 296 g/mol. The highest BCUT2D eigenvalue weighted by molar-refractivity contribution is 6.08. The fourth-order valence-corrected chi connectivity index (χ4v) is 2.79. The van der Waals surface area contributed by atoms with Crippen LogP contribution < -0.4 is 5.73 Å². The predicted octanol–water partition coefficient (Wildman–Crippen LogP) is 2.82. The van der Waals surface area contributed by atoms with E-state index in [1.165, 1.54) is 12.1 Å². The molecule has 0 saturated heterocycles. The molecule has 2 N–H and O–H groups in total. The molecule has 0 radical (unpaired) electrons. The summed E-state index contributed by atoms with van der Waals surface area (Å²) in [5.41, 5.74) is 9.15. The number of carbonyl (C=O) groups is 1. The van der Waals surface area contributed by atoms with Gasteiger partial charge in [-0.15, -0.1) is 0 Å². The molecule has 112 valence electrons. The lowest BCUT2D eigenvalue weighted by molar-refractivity contribution is 0.0844. The zero-order valence-corrected chi connectivity index (χ0v) is 12.1. The van der Waals surface area contributed by atoms with Crippen LogP contribution in [0.2, 0.25) is 0 Å². The third-order valence-electron chi connectivity index (χ3n) is 3.84. The number of carbonyl (C=O) groups excluding carboxylic acids is 1. The third kappa shape index (κ3) is 2.65. The van der Waals surface area contributed by atoms with Gasteiger partial charge in [0.1, 0.15) is 5.82 Å². The summed E-state index contributed by atoms with van der Waals surface area (Å²) in [6, 6.07) is 13.5. The molecule has 0 aromatic heterocycles. The summed E-state index contributed by atoms with van der Waals surface area (Å²) in [6.45, 7) is 4.36.